The average molecular weight is 282 g/mol. The first-order valence-corrected chi connectivity index (χ1v) is 7.57. The highest BCUT2D eigenvalue weighted by Crippen LogP contribution is 2.38. The van der Waals surface area contributed by atoms with Gasteiger partial charge in [0.05, 0.1) is 20.9 Å². The van der Waals surface area contributed by atoms with Gasteiger partial charge in [-0.2, -0.15) is 0 Å². The van der Waals surface area contributed by atoms with Crippen LogP contribution in [0.3, 0.4) is 0 Å². The van der Waals surface area contributed by atoms with Gasteiger partial charge in [0.1, 0.15) is 11.6 Å². The lowest BCUT2D eigenvalue weighted by Crippen LogP contribution is -2.02. The molecule has 100 valence electrons. The molecule has 2 aromatic heterocycles. The lowest BCUT2D eigenvalue weighted by atomic mass is 10.2. The van der Waals surface area contributed by atoms with Gasteiger partial charge in [0, 0.05) is 18.4 Å². The van der Waals surface area contributed by atoms with Crippen LogP contribution in [0.5, 0.6) is 0 Å². The zero-order valence-corrected chi connectivity index (χ0v) is 11.7. The van der Waals surface area contributed by atoms with Crippen LogP contribution in [-0.2, 0) is 6.42 Å². The number of fused-ring (bicyclic) bond motifs is 1. The van der Waals surface area contributed by atoms with E-state index in [1.807, 2.05) is 24.3 Å². The number of nitrogen functional groups attached to an aromatic ring is 1. The van der Waals surface area contributed by atoms with Crippen molar-refractivity contribution >= 4 is 27.4 Å². The summed E-state index contributed by atoms with van der Waals surface area (Å²) in [6.45, 7) is 0. The van der Waals surface area contributed by atoms with Crippen LogP contribution in [-0.4, -0.2) is 15.0 Å². The van der Waals surface area contributed by atoms with Gasteiger partial charge in [-0.3, -0.25) is 0 Å². The molecular weight excluding hydrogens is 268 g/mol. The van der Waals surface area contributed by atoms with Gasteiger partial charge in [0.15, 0.2) is 0 Å². The number of para-hydroxylation sites is 1. The van der Waals surface area contributed by atoms with Gasteiger partial charge in [0.25, 0.3) is 0 Å². The van der Waals surface area contributed by atoms with Crippen LogP contribution in [0.2, 0.25) is 0 Å². The molecule has 0 radical (unpaired) electrons. The third-order valence-electron chi connectivity index (χ3n) is 3.43. The van der Waals surface area contributed by atoms with Crippen molar-refractivity contribution in [3.05, 3.63) is 46.9 Å². The van der Waals surface area contributed by atoms with Crippen molar-refractivity contribution in [2.75, 3.05) is 5.73 Å². The quantitative estimate of drug-likeness (QED) is 0.801. The zero-order chi connectivity index (χ0) is 13.5. The van der Waals surface area contributed by atoms with Crippen LogP contribution in [0.15, 0.2) is 30.3 Å². The fourth-order valence-electron chi connectivity index (χ4n) is 2.30. The molecule has 5 heteroatoms. The summed E-state index contributed by atoms with van der Waals surface area (Å²) in [6.07, 6.45) is 3.10. The molecule has 4 rings (SSSR count). The summed E-state index contributed by atoms with van der Waals surface area (Å²) < 4.78 is 1.21. The number of anilines is 1. The number of thiazole rings is 1. The largest absolute Gasteiger partial charge is 0.384 e. The Morgan fingerprint density at radius 3 is 2.80 bits per heavy atom. The second-order valence-corrected chi connectivity index (χ2v) is 6.28. The predicted molar refractivity (Wildman–Crippen MR) is 80.8 cm³/mol. The minimum Gasteiger partial charge on any atom is -0.384 e. The monoisotopic (exact) mass is 282 g/mol. The predicted octanol–water partition coefficient (Wildman–Crippen LogP) is 3.14. The Morgan fingerprint density at radius 1 is 1.15 bits per heavy atom. The molecule has 0 amide bonds. The molecule has 0 saturated heterocycles. The maximum atomic E-state index is 5.89. The van der Waals surface area contributed by atoms with Gasteiger partial charge in [-0.1, -0.05) is 12.1 Å². The Morgan fingerprint density at radius 2 is 2.00 bits per heavy atom. The molecule has 2 N–H and O–H groups in total. The standard InChI is InChI=1S/C15H14N4S/c16-13-7-10(17-15(19-13)9-5-6-9)8-14-18-11-3-1-2-4-12(11)20-14/h1-4,7,9H,5-6,8H2,(H2,16,17,19). The van der Waals surface area contributed by atoms with Crippen molar-refractivity contribution in [3.63, 3.8) is 0 Å². The second kappa shape index (κ2) is 4.52. The lowest BCUT2D eigenvalue weighted by molar-refractivity contribution is 0.891. The number of rotatable bonds is 3. The van der Waals surface area contributed by atoms with E-state index in [4.69, 9.17) is 5.73 Å². The smallest absolute Gasteiger partial charge is 0.134 e. The molecule has 2 heterocycles. The van der Waals surface area contributed by atoms with E-state index in [1.54, 1.807) is 11.3 Å². The minimum atomic E-state index is 0.521. The van der Waals surface area contributed by atoms with Crippen molar-refractivity contribution in [3.8, 4) is 0 Å². The zero-order valence-electron chi connectivity index (χ0n) is 10.9. The maximum Gasteiger partial charge on any atom is 0.134 e. The summed E-state index contributed by atoms with van der Waals surface area (Å²) in [6, 6.07) is 10.1. The molecule has 1 fully saturated rings. The summed E-state index contributed by atoms with van der Waals surface area (Å²) in [5, 5.41) is 1.08. The Balaban J connectivity index is 1.67. The molecular formula is C15H14N4S. The van der Waals surface area contributed by atoms with E-state index in [-0.39, 0.29) is 0 Å². The van der Waals surface area contributed by atoms with E-state index < -0.39 is 0 Å². The number of aromatic nitrogens is 3. The Kier molecular flexibility index (Phi) is 2.67. The van der Waals surface area contributed by atoms with Crippen molar-refractivity contribution in [2.45, 2.75) is 25.2 Å². The first-order chi connectivity index (χ1) is 9.78. The van der Waals surface area contributed by atoms with Crippen LogP contribution in [0.25, 0.3) is 10.2 Å². The molecule has 0 atom stereocenters. The SMILES string of the molecule is Nc1cc(Cc2nc3ccccc3s2)nc(C2CC2)n1. The molecule has 4 nitrogen and oxygen atoms in total. The van der Waals surface area contributed by atoms with Crippen LogP contribution in [0.1, 0.15) is 35.3 Å². The van der Waals surface area contributed by atoms with E-state index in [9.17, 15) is 0 Å². The van der Waals surface area contributed by atoms with E-state index in [1.165, 1.54) is 17.5 Å². The summed E-state index contributed by atoms with van der Waals surface area (Å²) in [4.78, 5) is 13.6. The normalized spacial score (nSPS) is 14.8. The highest BCUT2D eigenvalue weighted by molar-refractivity contribution is 7.18. The van der Waals surface area contributed by atoms with Gasteiger partial charge in [-0.15, -0.1) is 11.3 Å². The summed E-state index contributed by atoms with van der Waals surface area (Å²) >= 11 is 1.72. The Labute approximate surface area is 120 Å². The summed E-state index contributed by atoms with van der Waals surface area (Å²) in [5.41, 5.74) is 7.91. The highest BCUT2D eigenvalue weighted by atomic mass is 32.1. The van der Waals surface area contributed by atoms with E-state index in [2.05, 4.69) is 21.0 Å². The first kappa shape index (κ1) is 11.8. The molecule has 0 unspecified atom stereocenters. The number of benzene rings is 1. The van der Waals surface area contributed by atoms with Crippen LogP contribution >= 0.6 is 11.3 Å². The molecule has 20 heavy (non-hydrogen) atoms. The molecule has 1 aliphatic carbocycles. The molecule has 3 aromatic rings. The van der Waals surface area contributed by atoms with Gasteiger partial charge >= 0.3 is 0 Å². The maximum absolute atomic E-state index is 5.89. The van der Waals surface area contributed by atoms with Gasteiger partial charge in [-0.25, -0.2) is 15.0 Å². The van der Waals surface area contributed by atoms with E-state index in [0.29, 0.717) is 11.7 Å². The number of nitrogens with zero attached hydrogens (tertiary/aromatic N) is 3. The molecule has 0 aliphatic heterocycles. The van der Waals surface area contributed by atoms with Crippen LogP contribution in [0, 0.1) is 0 Å². The second-order valence-electron chi connectivity index (χ2n) is 5.17. The van der Waals surface area contributed by atoms with E-state index >= 15 is 0 Å². The fraction of sp³-hybridized carbons (Fsp3) is 0.267. The molecule has 1 aromatic carbocycles. The topological polar surface area (TPSA) is 64.7 Å². The van der Waals surface area contributed by atoms with Gasteiger partial charge in [-0.05, 0) is 25.0 Å². The number of hydrogen-bond donors (Lipinski definition) is 1. The molecule has 0 spiro atoms. The Hall–Kier alpha value is -2.01. The van der Waals surface area contributed by atoms with Crippen molar-refractivity contribution < 1.29 is 0 Å². The molecule has 1 saturated carbocycles. The van der Waals surface area contributed by atoms with Crippen molar-refractivity contribution in [1.29, 1.82) is 0 Å². The molecule has 1 aliphatic rings. The van der Waals surface area contributed by atoms with Crippen molar-refractivity contribution in [2.24, 2.45) is 0 Å². The average Bonchev–Trinajstić information content (AvgIpc) is 3.19. The lowest BCUT2D eigenvalue weighted by Gasteiger charge is -2.03. The summed E-state index contributed by atoms with van der Waals surface area (Å²) in [7, 11) is 0. The summed E-state index contributed by atoms with van der Waals surface area (Å²) in [5.74, 6) is 1.99. The van der Waals surface area contributed by atoms with Crippen LogP contribution < -0.4 is 5.73 Å². The number of hydrogen-bond acceptors (Lipinski definition) is 5. The van der Waals surface area contributed by atoms with Crippen LogP contribution in [0.4, 0.5) is 5.82 Å². The fourth-order valence-corrected chi connectivity index (χ4v) is 3.29. The first-order valence-electron chi connectivity index (χ1n) is 6.76. The highest BCUT2D eigenvalue weighted by Gasteiger charge is 2.27. The Bertz CT molecular complexity index is 743. The van der Waals surface area contributed by atoms with E-state index in [0.717, 1.165) is 28.5 Å². The third kappa shape index (κ3) is 2.25. The van der Waals surface area contributed by atoms with Gasteiger partial charge < -0.3 is 5.73 Å². The number of nitrogens with two attached hydrogens (primary N) is 1. The minimum absolute atomic E-state index is 0.521. The van der Waals surface area contributed by atoms with Gasteiger partial charge in [0.2, 0.25) is 0 Å². The third-order valence-corrected chi connectivity index (χ3v) is 4.47. The molecule has 0 bridgehead atoms. The van der Waals surface area contributed by atoms with Crippen molar-refractivity contribution in [1.82, 2.24) is 15.0 Å².